The van der Waals surface area contributed by atoms with Crippen molar-refractivity contribution in [2.24, 2.45) is 7.05 Å². The van der Waals surface area contributed by atoms with E-state index in [1.807, 2.05) is 41.8 Å². The van der Waals surface area contributed by atoms with E-state index < -0.39 is 5.97 Å². The number of nitrogens with zero attached hydrogens (tertiary/aromatic N) is 2. The number of hydrogen-bond acceptors (Lipinski definition) is 3. The van der Waals surface area contributed by atoms with E-state index in [-0.39, 0.29) is 5.69 Å². The summed E-state index contributed by atoms with van der Waals surface area (Å²) in [5.41, 5.74) is 2.76. The summed E-state index contributed by atoms with van der Waals surface area (Å²) in [6, 6.07) is 13.7. The number of rotatable bonds is 3. The second-order valence-electron chi connectivity index (χ2n) is 4.85. The van der Waals surface area contributed by atoms with E-state index in [1.165, 1.54) is 4.57 Å². The van der Waals surface area contributed by atoms with Gasteiger partial charge >= 0.3 is 5.97 Å². The van der Waals surface area contributed by atoms with Crippen LogP contribution in [0.5, 0.6) is 0 Å². The molecule has 1 N–H and O–H groups in total. The summed E-state index contributed by atoms with van der Waals surface area (Å²) in [4.78, 5) is 12.6. The van der Waals surface area contributed by atoms with Crippen molar-refractivity contribution in [1.29, 1.82) is 5.26 Å². The average Bonchev–Trinajstić information content (AvgIpc) is 3.14. The number of thiophene rings is 1. The Balaban J connectivity index is 2.12. The van der Waals surface area contributed by atoms with Gasteiger partial charge in [0, 0.05) is 23.7 Å². The highest BCUT2D eigenvalue weighted by Crippen LogP contribution is 2.32. The second-order valence-corrected chi connectivity index (χ2v) is 5.80. The van der Waals surface area contributed by atoms with E-state index in [0.717, 1.165) is 16.0 Å². The van der Waals surface area contributed by atoms with Gasteiger partial charge in [-0.15, -0.1) is 11.3 Å². The lowest BCUT2D eigenvalue weighted by Gasteiger charge is -2.05. The maximum absolute atomic E-state index is 11.5. The highest BCUT2D eigenvalue weighted by Gasteiger charge is 2.21. The first-order valence-corrected chi connectivity index (χ1v) is 7.47. The molecule has 0 bridgehead atoms. The molecule has 0 atom stereocenters. The van der Waals surface area contributed by atoms with Gasteiger partial charge in [-0.1, -0.05) is 30.3 Å². The molecule has 0 saturated heterocycles. The molecule has 0 fully saturated rings. The third-order valence-electron chi connectivity index (χ3n) is 3.48. The molecule has 22 heavy (non-hydrogen) atoms. The van der Waals surface area contributed by atoms with Gasteiger partial charge in [-0.3, -0.25) is 0 Å². The van der Waals surface area contributed by atoms with Crippen LogP contribution in [0.15, 0.2) is 48.0 Å². The lowest BCUT2D eigenvalue weighted by Crippen LogP contribution is -2.05. The molecule has 3 rings (SSSR count). The molecule has 0 radical (unpaired) electrons. The quantitative estimate of drug-likeness (QED) is 0.795. The Labute approximate surface area is 131 Å². The topological polar surface area (TPSA) is 66.0 Å². The summed E-state index contributed by atoms with van der Waals surface area (Å²) >= 11 is 1.65. The summed E-state index contributed by atoms with van der Waals surface area (Å²) < 4.78 is 1.48. The average molecular weight is 308 g/mol. The minimum absolute atomic E-state index is 0.125. The fraction of sp³-hybridized carbons (Fsp3) is 0.0588. The van der Waals surface area contributed by atoms with Crippen molar-refractivity contribution in [2.75, 3.05) is 0 Å². The molecule has 4 nitrogen and oxygen atoms in total. The predicted molar refractivity (Wildman–Crippen MR) is 85.8 cm³/mol. The Morgan fingerprint density at radius 3 is 2.45 bits per heavy atom. The van der Waals surface area contributed by atoms with Gasteiger partial charge in [0.2, 0.25) is 0 Å². The molecule has 3 aromatic rings. The van der Waals surface area contributed by atoms with Crippen molar-refractivity contribution in [2.45, 2.75) is 0 Å². The zero-order chi connectivity index (χ0) is 15.7. The number of aryl methyl sites for hydroxylation is 1. The summed E-state index contributed by atoms with van der Waals surface area (Å²) in [5.74, 6) is -1.04. The smallest absolute Gasteiger partial charge is 0.353 e. The Bertz CT molecular complexity index is 869. The zero-order valence-electron chi connectivity index (χ0n) is 11.8. The van der Waals surface area contributed by atoms with E-state index in [1.54, 1.807) is 24.6 Å². The van der Waals surface area contributed by atoms with Crippen molar-refractivity contribution in [1.82, 2.24) is 4.57 Å². The maximum atomic E-state index is 11.5. The number of aromatic carboxylic acids is 1. The van der Waals surface area contributed by atoms with Crippen LogP contribution in [0.4, 0.5) is 0 Å². The molecule has 0 unspecified atom stereocenters. The third-order valence-corrected chi connectivity index (χ3v) is 4.40. The van der Waals surface area contributed by atoms with Crippen LogP contribution in [-0.2, 0) is 7.05 Å². The molecule has 0 saturated carbocycles. The minimum atomic E-state index is -1.04. The van der Waals surface area contributed by atoms with Crippen LogP contribution in [0, 0.1) is 11.3 Å². The van der Waals surface area contributed by atoms with Crippen molar-refractivity contribution >= 4 is 17.3 Å². The fourth-order valence-electron chi connectivity index (χ4n) is 2.51. The highest BCUT2D eigenvalue weighted by atomic mass is 32.1. The lowest BCUT2D eigenvalue weighted by atomic mass is 10.00. The molecule has 0 aliphatic heterocycles. The van der Waals surface area contributed by atoms with Gasteiger partial charge in [-0.05, 0) is 22.6 Å². The normalized spacial score (nSPS) is 10.4. The van der Waals surface area contributed by atoms with Crippen molar-refractivity contribution < 1.29 is 9.90 Å². The first kappa shape index (κ1) is 14.1. The van der Waals surface area contributed by atoms with E-state index in [4.69, 9.17) is 0 Å². The van der Waals surface area contributed by atoms with E-state index in [2.05, 4.69) is 6.07 Å². The van der Waals surface area contributed by atoms with Crippen molar-refractivity contribution in [3.8, 4) is 27.6 Å². The van der Waals surface area contributed by atoms with Crippen LogP contribution in [0.1, 0.15) is 16.1 Å². The Morgan fingerprint density at radius 2 is 1.91 bits per heavy atom. The van der Waals surface area contributed by atoms with Crippen LogP contribution in [0.3, 0.4) is 0 Å². The number of carbonyl (C=O) groups is 1. The Kier molecular flexibility index (Phi) is 3.53. The van der Waals surface area contributed by atoms with Gasteiger partial charge in [0.05, 0.1) is 5.56 Å². The summed E-state index contributed by atoms with van der Waals surface area (Å²) in [5, 5.41) is 20.7. The molecule has 108 valence electrons. The minimum Gasteiger partial charge on any atom is -0.477 e. The van der Waals surface area contributed by atoms with Gasteiger partial charge in [-0.25, -0.2) is 4.79 Å². The molecule has 0 amide bonds. The third kappa shape index (κ3) is 2.30. The number of benzene rings is 1. The highest BCUT2D eigenvalue weighted by molar-refractivity contribution is 7.13. The van der Waals surface area contributed by atoms with E-state index in [0.29, 0.717) is 11.1 Å². The standard InChI is InChI=1S/C17H12N2O2S/c1-19-10-13(9-18)15(16(19)17(20)21)12-6-4-11(5-7-12)14-3-2-8-22-14/h2-8,10H,1H3,(H,20,21). The van der Waals surface area contributed by atoms with E-state index in [9.17, 15) is 15.2 Å². The van der Waals surface area contributed by atoms with Crippen LogP contribution in [0.2, 0.25) is 0 Å². The molecule has 5 heteroatoms. The summed E-state index contributed by atoms with van der Waals surface area (Å²) in [7, 11) is 1.63. The van der Waals surface area contributed by atoms with Gasteiger partial charge in [0.25, 0.3) is 0 Å². The number of carboxylic acids is 1. The van der Waals surface area contributed by atoms with Gasteiger partial charge in [0.15, 0.2) is 0 Å². The van der Waals surface area contributed by atoms with Crippen LogP contribution >= 0.6 is 11.3 Å². The van der Waals surface area contributed by atoms with Crippen molar-refractivity contribution in [3.05, 3.63) is 59.2 Å². The molecule has 0 aliphatic rings. The lowest BCUT2D eigenvalue weighted by molar-refractivity contribution is 0.0687. The molecule has 2 aromatic heterocycles. The Morgan fingerprint density at radius 1 is 1.23 bits per heavy atom. The van der Waals surface area contributed by atoms with Gasteiger partial charge in [0.1, 0.15) is 11.8 Å². The number of aromatic nitrogens is 1. The molecule has 0 spiro atoms. The summed E-state index contributed by atoms with van der Waals surface area (Å²) in [6.45, 7) is 0. The van der Waals surface area contributed by atoms with Crippen molar-refractivity contribution in [3.63, 3.8) is 0 Å². The molecule has 0 aliphatic carbocycles. The molecular formula is C17H12N2O2S. The first-order valence-electron chi connectivity index (χ1n) is 6.59. The number of hydrogen-bond donors (Lipinski definition) is 1. The van der Waals surface area contributed by atoms with Gasteiger partial charge in [-0.2, -0.15) is 5.26 Å². The fourth-order valence-corrected chi connectivity index (χ4v) is 3.24. The van der Waals surface area contributed by atoms with E-state index >= 15 is 0 Å². The molecular weight excluding hydrogens is 296 g/mol. The second kappa shape index (κ2) is 5.51. The van der Waals surface area contributed by atoms with Crippen LogP contribution in [-0.4, -0.2) is 15.6 Å². The Hall–Kier alpha value is -2.84. The first-order chi connectivity index (χ1) is 10.6. The number of nitriles is 1. The molecule has 2 heterocycles. The van der Waals surface area contributed by atoms with Gasteiger partial charge < -0.3 is 9.67 Å². The monoisotopic (exact) mass is 308 g/mol. The zero-order valence-corrected chi connectivity index (χ0v) is 12.6. The van der Waals surface area contributed by atoms with Crippen LogP contribution < -0.4 is 0 Å². The van der Waals surface area contributed by atoms with Crippen LogP contribution in [0.25, 0.3) is 21.6 Å². The number of carboxylic acid groups (broad SMARTS) is 1. The predicted octanol–water partition coefficient (Wildman–Crippen LogP) is 3.99. The SMILES string of the molecule is Cn1cc(C#N)c(-c2ccc(-c3cccs3)cc2)c1C(=O)O. The maximum Gasteiger partial charge on any atom is 0.353 e. The molecule has 1 aromatic carbocycles. The summed E-state index contributed by atoms with van der Waals surface area (Å²) in [6.07, 6.45) is 1.55. The largest absolute Gasteiger partial charge is 0.477 e.